The first kappa shape index (κ1) is 13.1. The second kappa shape index (κ2) is 6.02. The van der Waals surface area contributed by atoms with E-state index in [0.717, 1.165) is 29.1 Å². The number of benzene rings is 1. The van der Waals surface area contributed by atoms with Gasteiger partial charge in [0.15, 0.2) is 5.75 Å². The second-order valence-electron chi connectivity index (χ2n) is 4.00. The SMILES string of the molecule is CCNCc1ccc(Oc2cnn(C)c2)c(Br)c1. The average Bonchev–Trinajstić information content (AvgIpc) is 2.75. The van der Waals surface area contributed by atoms with Crippen LogP contribution in [0.5, 0.6) is 11.5 Å². The second-order valence-corrected chi connectivity index (χ2v) is 4.85. The van der Waals surface area contributed by atoms with Crippen LogP contribution in [0, 0.1) is 0 Å². The molecular weight excluding hydrogens is 294 g/mol. The molecule has 0 bridgehead atoms. The molecule has 0 saturated heterocycles. The van der Waals surface area contributed by atoms with Crippen LogP contribution in [-0.4, -0.2) is 16.3 Å². The summed E-state index contributed by atoms with van der Waals surface area (Å²) >= 11 is 3.52. The van der Waals surface area contributed by atoms with E-state index in [9.17, 15) is 0 Å². The van der Waals surface area contributed by atoms with Gasteiger partial charge in [-0.25, -0.2) is 0 Å². The van der Waals surface area contributed by atoms with E-state index in [0.29, 0.717) is 0 Å². The molecule has 0 spiro atoms. The Morgan fingerprint density at radius 1 is 1.44 bits per heavy atom. The minimum Gasteiger partial charge on any atom is -0.453 e. The molecule has 1 N–H and O–H groups in total. The minimum atomic E-state index is 0.734. The molecule has 0 aliphatic rings. The predicted molar refractivity (Wildman–Crippen MR) is 74.8 cm³/mol. The summed E-state index contributed by atoms with van der Waals surface area (Å²) in [5.74, 6) is 1.53. The fourth-order valence-electron chi connectivity index (χ4n) is 1.58. The number of aromatic nitrogens is 2. The third-order valence-corrected chi connectivity index (χ3v) is 3.10. The van der Waals surface area contributed by atoms with Gasteiger partial charge in [0, 0.05) is 13.6 Å². The zero-order valence-electron chi connectivity index (χ0n) is 10.5. The van der Waals surface area contributed by atoms with Gasteiger partial charge in [0.2, 0.25) is 0 Å². The maximum absolute atomic E-state index is 5.74. The summed E-state index contributed by atoms with van der Waals surface area (Å²) in [6.07, 6.45) is 3.53. The first-order valence-electron chi connectivity index (χ1n) is 5.84. The van der Waals surface area contributed by atoms with Crippen LogP contribution in [0.3, 0.4) is 0 Å². The molecule has 1 heterocycles. The molecule has 0 saturated carbocycles. The molecule has 0 unspecified atom stereocenters. The highest BCUT2D eigenvalue weighted by Gasteiger charge is 2.05. The van der Waals surface area contributed by atoms with Crippen LogP contribution in [0.2, 0.25) is 0 Å². The molecule has 0 amide bonds. The van der Waals surface area contributed by atoms with Gasteiger partial charge >= 0.3 is 0 Å². The standard InChI is InChI=1S/C13H16BrN3O/c1-3-15-7-10-4-5-13(12(14)6-10)18-11-8-16-17(2)9-11/h4-6,8-9,15H,3,7H2,1-2H3. The fraction of sp³-hybridized carbons (Fsp3) is 0.308. The smallest absolute Gasteiger partial charge is 0.165 e. The van der Waals surface area contributed by atoms with Crippen molar-refractivity contribution in [1.82, 2.24) is 15.1 Å². The van der Waals surface area contributed by atoms with E-state index < -0.39 is 0 Å². The Bertz CT molecular complexity index is 525. The van der Waals surface area contributed by atoms with E-state index in [-0.39, 0.29) is 0 Å². The Hall–Kier alpha value is -1.33. The van der Waals surface area contributed by atoms with Crippen molar-refractivity contribution in [3.8, 4) is 11.5 Å². The van der Waals surface area contributed by atoms with E-state index >= 15 is 0 Å². The number of nitrogens with one attached hydrogen (secondary N) is 1. The number of rotatable bonds is 5. The molecule has 2 aromatic rings. The topological polar surface area (TPSA) is 39.1 Å². The first-order valence-corrected chi connectivity index (χ1v) is 6.64. The summed E-state index contributed by atoms with van der Waals surface area (Å²) in [6.45, 7) is 3.92. The third kappa shape index (κ3) is 3.34. The van der Waals surface area contributed by atoms with Crippen molar-refractivity contribution in [2.75, 3.05) is 6.54 Å². The Morgan fingerprint density at radius 2 is 2.28 bits per heavy atom. The van der Waals surface area contributed by atoms with Crippen molar-refractivity contribution in [1.29, 1.82) is 0 Å². The maximum Gasteiger partial charge on any atom is 0.165 e. The summed E-state index contributed by atoms with van der Waals surface area (Å²) in [7, 11) is 1.86. The molecule has 96 valence electrons. The summed E-state index contributed by atoms with van der Waals surface area (Å²) in [5.41, 5.74) is 1.22. The molecule has 4 nitrogen and oxygen atoms in total. The van der Waals surface area contributed by atoms with Gasteiger partial charge in [-0.05, 0) is 40.2 Å². The van der Waals surface area contributed by atoms with Crippen LogP contribution in [0.1, 0.15) is 12.5 Å². The molecule has 0 aliphatic carbocycles. The van der Waals surface area contributed by atoms with Gasteiger partial charge in [0.25, 0.3) is 0 Å². The Labute approximate surface area is 115 Å². The van der Waals surface area contributed by atoms with Crippen LogP contribution in [0.4, 0.5) is 0 Å². The normalized spacial score (nSPS) is 10.6. The van der Waals surface area contributed by atoms with Crippen molar-refractivity contribution < 1.29 is 4.74 Å². The molecule has 0 radical (unpaired) electrons. The summed E-state index contributed by atoms with van der Waals surface area (Å²) in [6, 6.07) is 6.08. The quantitative estimate of drug-likeness (QED) is 0.922. The molecule has 18 heavy (non-hydrogen) atoms. The average molecular weight is 310 g/mol. The summed E-state index contributed by atoms with van der Waals surface area (Å²) in [5, 5.41) is 7.36. The fourth-order valence-corrected chi connectivity index (χ4v) is 2.09. The zero-order valence-corrected chi connectivity index (χ0v) is 12.1. The van der Waals surface area contributed by atoms with Crippen molar-refractivity contribution in [3.05, 3.63) is 40.6 Å². The Kier molecular flexibility index (Phi) is 4.38. The highest BCUT2D eigenvalue weighted by molar-refractivity contribution is 9.10. The third-order valence-electron chi connectivity index (χ3n) is 2.48. The van der Waals surface area contributed by atoms with Crippen molar-refractivity contribution in [2.24, 2.45) is 7.05 Å². The van der Waals surface area contributed by atoms with Crippen LogP contribution in [0.25, 0.3) is 0 Å². The maximum atomic E-state index is 5.74. The molecule has 1 aromatic heterocycles. The molecule has 2 rings (SSSR count). The zero-order chi connectivity index (χ0) is 13.0. The minimum absolute atomic E-state index is 0.734. The highest BCUT2D eigenvalue weighted by atomic mass is 79.9. The Morgan fingerprint density at radius 3 is 2.89 bits per heavy atom. The largest absolute Gasteiger partial charge is 0.453 e. The number of halogens is 1. The molecule has 0 atom stereocenters. The van der Waals surface area contributed by atoms with Crippen molar-refractivity contribution in [2.45, 2.75) is 13.5 Å². The number of hydrogen-bond acceptors (Lipinski definition) is 3. The number of ether oxygens (including phenoxy) is 1. The van der Waals surface area contributed by atoms with E-state index in [1.54, 1.807) is 10.9 Å². The lowest BCUT2D eigenvalue weighted by atomic mass is 10.2. The van der Waals surface area contributed by atoms with Crippen molar-refractivity contribution in [3.63, 3.8) is 0 Å². The van der Waals surface area contributed by atoms with Gasteiger partial charge in [-0.15, -0.1) is 0 Å². The molecule has 1 aromatic carbocycles. The molecular formula is C13H16BrN3O. The van der Waals surface area contributed by atoms with E-state index in [2.05, 4.69) is 45.4 Å². The lowest BCUT2D eigenvalue weighted by Gasteiger charge is -2.08. The first-order chi connectivity index (χ1) is 8.69. The van der Waals surface area contributed by atoms with Crippen molar-refractivity contribution >= 4 is 15.9 Å². The van der Waals surface area contributed by atoms with Gasteiger partial charge < -0.3 is 10.1 Å². The summed E-state index contributed by atoms with van der Waals surface area (Å²) in [4.78, 5) is 0. The molecule has 5 heteroatoms. The monoisotopic (exact) mass is 309 g/mol. The Balaban J connectivity index is 2.09. The van der Waals surface area contributed by atoms with Gasteiger partial charge in [-0.1, -0.05) is 13.0 Å². The summed E-state index contributed by atoms with van der Waals surface area (Å²) < 4.78 is 8.40. The molecule has 0 fully saturated rings. The van der Waals surface area contributed by atoms with Gasteiger partial charge in [0.1, 0.15) is 5.75 Å². The van der Waals surface area contributed by atoms with Crippen LogP contribution < -0.4 is 10.1 Å². The lowest BCUT2D eigenvalue weighted by molar-refractivity contribution is 0.478. The number of nitrogens with zero attached hydrogens (tertiary/aromatic N) is 2. The van der Waals surface area contributed by atoms with Gasteiger partial charge in [-0.2, -0.15) is 5.10 Å². The van der Waals surface area contributed by atoms with Crippen LogP contribution >= 0.6 is 15.9 Å². The molecule has 0 aliphatic heterocycles. The number of hydrogen-bond donors (Lipinski definition) is 1. The van der Waals surface area contributed by atoms with Crippen LogP contribution in [-0.2, 0) is 13.6 Å². The van der Waals surface area contributed by atoms with E-state index in [1.165, 1.54) is 5.56 Å². The lowest BCUT2D eigenvalue weighted by Crippen LogP contribution is -2.11. The van der Waals surface area contributed by atoms with E-state index in [4.69, 9.17) is 4.74 Å². The van der Waals surface area contributed by atoms with Gasteiger partial charge in [0.05, 0.1) is 16.9 Å². The number of aryl methyl sites for hydroxylation is 1. The van der Waals surface area contributed by atoms with Crippen LogP contribution in [0.15, 0.2) is 35.1 Å². The predicted octanol–water partition coefficient (Wildman–Crippen LogP) is 3.08. The van der Waals surface area contributed by atoms with E-state index in [1.807, 2.05) is 19.3 Å². The highest BCUT2D eigenvalue weighted by Crippen LogP contribution is 2.30. The van der Waals surface area contributed by atoms with Gasteiger partial charge in [-0.3, -0.25) is 4.68 Å².